The summed E-state index contributed by atoms with van der Waals surface area (Å²) in [6, 6.07) is 6.09. The first-order chi connectivity index (χ1) is 10.2. The van der Waals surface area contributed by atoms with E-state index in [9.17, 15) is 4.79 Å². The lowest BCUT2D eigenvalue weighted by Crippen LogP contribution is -2.36. The van der Waals surface area contributed by atoms with Gasteiger partial charge in [-0.05, 0) is 38.7 Å². The molecule has 0 spiro atoms. The summed E-state index contributed by atoms with van der Waals surface area (Å²) in [5, 5.41) is 12.3. The van der Waals surface area contributed by atoms with Crippen molar-refractivity contribution in [2.75, 3.05) is 13.2 Å². The Morgan fingerprint density at radius 1 is 1.43 bits per heavy atom. The summed E-state index contributed by atoms with van der Waals surface area (Å²) in [4.78, 5) is 14.1. The molecule has 1 saturated carbocycles. The highest BCUT2D eigenvalue weighted by Gasteiger charge is 2.31. The van der Waals surface area contributed by atoms with E-state index >= 15 is 0 Å². The number of likely N-dealkylation sites (N-methyl/N-ethyl adjacent to an activating group) is 1. The minimum absolute atomic E-state index is 0.0478. The SMILES string of the molecule is CCN(C(=O)COc1cccc2c1CCC2=NO)C1CC1. The van der Waals surface area contributed by atoms with Crippen LogP contribution >= 0.6 is 0 Å². The van der Waals surface area contributed by atoms with Crippen molar-refractivity contribution in [2.24, 2.45) is 5.16 Å². The molecule has 112 valence electrons. The van der Waals surface area contributed by atoms with Crippen molar-refractivity contribution in [1.29, 1.82) is 0 Å². The second kappa shape index (κ2) is 5.76. The molecule has 0 atom stereocenters. The zero-order chi connectivity index (χ0) is 14.8. The third kappa shape index (κ3) is 2.73. The molecule has 0 radical (unpaired) electrons. The average molecular weight is 288 g/mol. The maximum Gasteiger partial charge on any atom is 0.260 e. The van der Waals surface area contributed by atoms with Gasteiger partial charge in [0.1, 0.15) is 5.75 Å². The third-order valence-electron chi connectivity index (χ3n) is 4.18. The molecule has 2 aliphatic carbocycles. The molecule has 1 amide bonds. The third-order valence-corrected chi connectivity index (χ3v) is 4.18. The summed E-state index contributed by atoms with van der Waals surface area (Å²) in [6.07, 6.45) is 3.72. The fourth-order valence-electron chi connectivity index (χ4n) is 2.96. The van der Waals surface area contributed by atoms with Gasteiger partial charge in [-0.2, -0.15) is 0 Å². The number of ether oxygens (including phenoxy) is 1. The smallest absolute Gasteiger partial charge is 0.260 e. The molecule has 1 fully saturated rings. The topological polar surface area (TPSA) is 62.1 Å². The maximum absolute atomic E-state index is 12.2. The highest BCUT2D eigenvalue weighted by atomic mass is 16.5. The Morgan fingerprint density at radius 2 is 2.24 bits per heavy atom. The van der Waals surface area contributed by atoms with Gasteiger partial charge in [-0.3, -0.25) is 4.79 Å². The molecule has 21 heavy (non-hydrogen) atoms. The predicted octanol–water partition coefficient (Wildman–Crippen LogP) is 2.20. The van der Waals surface area contributed by atoms with Gasteiger partial charge in [0.05, 0.1) is 5.71 Å². The Kier molecular flexibility index (Phi) is 3.82. The molecule has 1 aromatic carbocycles. The van der Waals surface area contributed by atoms with Gasteiger partial charge in [0.2, 0.25) is 0 Å². The fourth-order valence-corrected chi connectivity index (χ4v) is 2.96. The summed E-state index contributed by atoms with van der Waals surface area (Å²) < 4.78 is 5.74. The molecule has 0 heterocycles. The van der Waals surface area contributed by atoms with Gasteiger partial charge in [-0.25, -0.2) is 0 Å². The second-order valence-electron chi connectivity index (χ2n) is 5.53. The van der Waals surface area contributed by atoms with E-state index in [1.165, 1.54) is 0 Å². The van der Waals surface area contributed by atoms with Gasteiger partial charge in [-0.15, -0.1) is 0 Å². The van der Waals surface area contributed by atoms with Crippen LogP contribution in [0.15, 0.2) is 23.4 Å². The van der Waals surface area contributed by atoms with Crippen molar-refractivity contribution in [3.63, 3.8) is 0 Å². The summed E-state index contributed by atoms with van der Waals surface area (Å²) >= 11 is 0. The van der Waals surface area contributed by atoms with Crippen molar-refractivity contribution in [2.45, 2.75) is 38.6 Å². The van der Waals surface area contributed by atoms with E-state index in [1.807, 2.05) is 30.0 Å². The summed E-state index contributed by atoms with van der Waals surface area (Å²) in [6.45, 7) is 2.81. The Bertz CT molecular complexity index is 579. The molecule has 0 saturated heterocycles. The summed E-state index contributed by atoms with van der Waals surface area (Å²) in [7, 11) is 0. The molecule has 0 unspecified atom stereocenters. The lowest BCUT2D eigenvalue weighted by Gasteiger charge is -2.20. The zero-order valence-corrected chi connectivity index (χ0v) is 12.2. The molecular formula is C16H20N2O3. The van der Waals surface area contributed by atoms with Crippen LogP contribution in [0.3, 0.4) is 0 Å². The molecule has 0 aromatic heterocycles. The van der Waals surface area contributed by atoms with Gasteiger partial charge < -0.3 is 14.8 Å². The number of carbonyl (C=O) groups is 1. The molecule has 0 bridgehead atoms. The van der Waals surface area contributed by atoms with Crippen LogP contribution < -0.4 is 4.74 Å². The molecule has 5 heteroatoms. The van der Waals surface area contributed by atoms with Crippen molar-refractivity contribution >= 4 is 11.6 Å². The lowest BCUT2D eigenvalue weighted by atomic mass is 10.1. The predicted molar refractivity (Wildman–Crippen MR) is 79.0 cm³/mol. The van der Waals surface area contributed by atoms with Gasteiger partial charge in [0.25, 0.3) is 5.91 Å². The van der Waals surface area contributed by atoms with E-state index in [1.54, 1.807) is 0 Å². The van der Waals surface area contributed by atoms with Gasteiger partial charge in [0, 0.05) is 23.7 Å². The highest BCUT2D eigenvalue weighted by molar-refractivity contribution is 6.04. The van der Waals surface area contributed by atoms with Crippen molar-refractivity contribution < 1.29 is 14.7 Å². The quantitative estimate of drug-likeness (QED) is 0.667. The van der Waals surface area contributed by atoms with Crippen LogP contribution in [0, 0.1) is 0 Å². The number of carbonyl (C=O) groups excluding carboxylic acids is 1. The first-order valence-electron chi connectivity index (χ1n) is 7.50. The number of amides is 1. The van der Waals surface area contributed by atoms with E-state index in [4.69, 9.17) is 9.94 Å². The lowest BCUT2D eigenvalue weighted by molar-refractivity contribution is -0.133. The van der Waals surface area contributed by atoms with Crippen LogP contribution in [0.5, 0.6) is 5.75 Å². The Balaban J connectivity index is 1.69. The van der Waals surface area contributed by atoms with Crippen molar-refractivity contribution in [3.05, 3.63) is 29.3 Å². The molecular weight excluding hydrogens is 268 g/mol. The second-order valence-corrected chi connectivity index (χ2v) is 5.53. The molecule has 3 rings (SSSR count). The number of oxime groups is 1. The monoisotopic (exact) mass is 288 g/mol. The van der Waals surface area contributed by atoms with Crippen LogP contribution in [0.25, 0.3) is 0 Å². The fraction of sp³-hybridized carbons (Fsp3) is 0.500. The highest BCUT2D eigenvalue weighted by Crippen LogP contribution is 2.31. The first kappa shape index (κ1) is 13.9. The van der Waals surface area contributed by atoms with E-state index in [2.05, 4.69) is 5.16 Å². The number of hydrogen-bond donors (Lipinski definition) is 1. The number of benzene rings is 1. The summed E-state index contributed by atoms with van der Waals surface area (Å²) in [5.74, 6) is 0.776. The van der Waals surface area contributed by atoms with Crippen LogP contribution in [0.4, 0.5) is 0 Å². The van der Waals surface area contributed by atoms with Gasteiger partial charge >= 0.3 is 0 Å². The van der Waals surface area contributed by atoms with Crippen LogP contribution in [0.2, 0.25) is 0 Å². The maximum atomic E-state index is 12.2. The minimum atomic E-state index is 0.0478. The largest absolute Gasteiger partial charge is 0.483 e. The number of fused-ring (bicyclic) bond motifs is 1. The van der Waals surface area contributed by atoms with Gasteiger partial charge in [0.15, 0.2) is 6.61 Å². The minimum Gasteiger partial charge on any atom is -0.483 e. The molecule has 1 N–H and O–H groups in total. The Morgan fingerprint density at radius 3 is 2.90 bits per heavy atom. The Hall–Kier alpha value is -2.04. The van der Waals surface area contributed by atoms with E-state index < -0.39 is 0 Å². The zero-order valence-electron chi connectivity index (χ0n) is 12.2. The van der Waals surface area contributed by atoms with E-state index in [0.717, 1.165) is 42.7 Å². The molecule has 1 aromatic rings. The Labute approximate surface area is 124 Å². The van der Waals surface area contributed by atoms with E-state index in [-0.39, 0.29) is 12.5 Å². The molecule has 2 aliphatic rings. The number of nitrogens with zero attached hydrogens (tertiary/aromatic N) is 2. The molecule has 0 aliphatic heterocycles. The van der Waals surface area contributed by atoms with Crippen LogP contribution in [-0.2, 0) is 11.2 Å². The van der Waals surface area contributed by atoms with Crippen molar-refractivity contribution in [3.8, 4) is 5.75 Å². The first-order valence-corrected chi connectivity index (χ1v) is 7.50. The number of rotatable bonds is 5. The van der Waals surface area contributed by atoms with E-state index in [0.29, 0.717) is 18.2 Å². The number of hydrogen-bond acceptors (Lipinski definition) is 4. The van der Waals surface area contributed by atoms with Crippen LogP contribution in [0.1, 0.15) is 37.3 Å². The molecule has 5 nitrogen and oxygen atoms in total. The van der Waals surface area contributed by atoms with Gasteiger partial charge in [-0.1, -0.05) is 17.3 Å². The van der Waals surface area contributed by atoms with Crippen molar-refractivity contribution in [1.82, 2.24) is 4.90 Å². The summed E-state index contributed by atoms with van der Waals surface area (Å²) in [5.41, 5.74) is 2.65. The van der Waals surface area contributed by atoms with Crippen LogP contribution in [-0.4, -0.2) is 40.9 Å². The average Bonchev–Trinajstić information content (AvgIpc) is 3.24. The normalized spacial score (nSPS) is 18.6. The standard InChI is InChI=1S/C16H20N2O3/c1-2-18(11-6-7-11)16(19)10-21-15-5-3-4-12-13(15)8-9-14(12)17-20/h3-5,11,20H,2,6-10H2,1H3.